The second-order valence-electron chi connectivity index (χ2n) is 5.92. The Labute approximate surface area is 143 Å². The van der Waals surface area contributed by atoms with Crippen molar-refractivity contribution in [2.75, 3.05) is 26.7 Å². The van der Waals surface area contributed by atoms with E-state index in [9.17, 15) is 4.79 Å². The molecule has 0 saturated carbocycles. The van der Waals surface area contributed by atoms with Crippen LogP contribution in [0.4, 0.5) is 0 Å². The first-order valence-corrected chi connectivity index (χ1v) is 8.55. The van der Waals surface area contributed by atoms with E-state index in [1.165, 1.54) is 12.8 Å². The predicted octanol–water partition coefficient (Wildman–Crippen LogP) is 2.17. The Bertz CT molecular complexity index is 525. The van der Waals surface area contributed by atoms with E-state index in [-0.39, 0.29) is 5.91 Å². The number of nitrogens with two attached hydrogens (primary N) is 1. The molecule has 1 amide bonds. The molecule has 1 heterocycles. The third-order valence-corrected chi connectivity index (χ3v) is 4.64. The fourth-order valence-electron chi connectivity index (χ4n) is 2.95. The molecule has 1 fully saturated rings. The summed E-state index contributed by atoms with van der Waals surface area (Å²) in [6.07, 6.45) is 3.86. The maximum atomic E-state index is 11.6. The molecule has 1 unspecified atom stereocenters. The number of halogens is 1. The number of amides is 1. The summed E-state index contributed by atoms with van der Waals surface area (Å²) in [6.45, 7) is 2.88. The second-order valence-corrected chi connectivity index (χ2v) is 6.33. The zero-order valence-corrected chi connectivity index (χ0v) is 14.4. The fourth-order valence-corrected chi connectivity index (χ4v) is 3.18. The third kappa shape index (κ3) is 5.37. The minimum Gasteiger partial charge on any atom is -0.497 e. The number of rotatable bonds is 7. The SMILES string of the molecule is COc1ccc(CN2CCCCC2CNC(=O)CCN)c(Cl)c1. The number of methoxy groups -OCH3 is 1. The summed E-state index contributed by atoms with van der Waals surface area (Å²) in [5.41, 5.74) is 6.50. The van der Waals surface area contributed by atoms with Gasteiger partial charge in [-0.05, 0) is 37.1 Å². The van der Waals surface area contributed by atoms with Gasteiger partial charge in [-0.3, -0.25) is 9.69 Å². The molecule has 3 N–H and O–H groups in total. The number of benzene rings is 1. The third-order valence-electron chi connectivity index (χ3n) is 4.29. The number of nitrogens with one attached hydrogen (secondary N) is 1. The zero-order chi connectivity index (χ0) is 16.7. The number of nitrogens with zero attached hydrogens (tertiary/aromatic N) is 1. The Balaban J connectivity index is 1.96. The van der Waals surface area contributed by atoms with Gasteiger partial charge >= 0.3 is 0 Å². The highest BCUT2D eigenvalue weighted by molar-refractivity contribution is 6.31. The number of carbonyl (C=O) groups excluding carboxylic acids is 1. The predicted molar refractivity (Wildman–Crippen MR) is 92.7 cm³/mol. The summed E-state index contributed by atoms with van der Waals surface area (Å²) in [5.74, 6) is 0.795. The van der Waals surface area contributed by atoms with Crippen LogP contribution in [0.3, 0.4) is 0 Å². The van der Waals surface area contributed by atoms with Crippen molar-refractivity contribution in [2.45, 2.75) is 38.3 Å². The minimum atomic E-state index is 0.0282. The highest BCUT2D eigenvalue weighted by Crippen LogP contribution is 2.26. The van der Waals surface area contributed by atoms with Gasteiger partial charge in [0.05, 0.1) is 7.11 Å². The van der Waals surface area contributed by atoms with Crippen molar-refractivity contribution in [2.24, 2.45) is 5.73 Å². The molecule has 1 aromatic carbocycles. The molecule has 0 aromatic heterocycles. The van der Waals surface area contributed by atoms with Gasteiger partial charge in [-0.1, -0.05) is 24.1 Å². The fraction of sp³-hybridized carbons (Fsp3) is 0.588. The van der Waals surface area contributed by atoms with Gasteiger partial charge < -0.3 is 15.8 Å². The minimum absolute atomic E-state index is 0.0282. The molecule has 128 valence electrons. The van der Waals surface area contributed by atoms with Crippen LogP contribution < -0.4 is 15.8 Å². The van der Waals surface area contributed by atoms with Crippen molar-refractivity contribution in [3.8, 4) is 5.75 Å². The maximum Gasteiger partial charge on any atom is 0.221 e. The molecule has 0 spiro atoms. The summed E-state index contributed by atoms with van der Waals surface area (Å²) >= 11 is 6.35. The van der Waals surface area contributed by atoms with Crippen LogP contribution in [-0.4, -0.2) is 43.6 Å². The van der Waals surface area contributed by atoms with Gasteiger partial charge in [0.15, 0.2) is 0 Å². The first-order chi connectivity index (χ1) is 11.1. The summed E-state index contributed by atoms with van der Waals surface area (Å²) < 4.78 is 5.19. The maximum absolute atomic E-state index is 11.6. The lowest BCUT2D eigenvalue weighted by Gasteiger charge is -2.36. The molecule has 0 bridgehead atoms. The highest BCUT2D eigenvalue weighted by Gasteiger charge is 2.23. The molecule has 6 heteroatoms. The molecular formula is C17H26ClN3O2. The number of hydrogen-bond donors (Lipinski definition) is 2. The van der Waals surface area contributed by atoms with Gasteiger partial charge in [0, 0.05) is 37.1 Å². The normalized spacial score (nSPS) is 18.7. The summed E-state index contributed by atoms with van der Waals surface area (Å²) in [4.78, 5) is 14.0. The number of likely N-dealkylation sites (tertiary alicyclic amines) is 1. The number of ether oxygens (including phenoxy) is 1. The Morgan fingerprint density at radius 3 is 3.00 bits per heavy atom. The van der Waals surface area contributed by atoms with Crippen LogP contribution in [0.5, 0.6) is 5.75 Å². The van der Waals surface area contributed by atoms with Gasteiger partial charge in [-0.25, -0.2) is 0 Å². The molecule has 2 rings (SSSR count). The van der Waals surface area contributed by atoms with E-state index in [4.69, 9.17) is 22.1 Å². The Morgan fingerprint density at radius 2 is 2.30 bits per heavy atom. The van der Waals surface area contributed by atoms with E-state index in [1.54, 1.807) is 7.11 Å². The smallest absolute Gasteiger partial charge is 0.221 e. The van der Waals surface area contributed by atoms with Crippen molar-refractivity contribution < 1.29 is 9.53 Å². The highest BCUT2D eigenvalue weighted by atomic mass is 35.5. The number of piperidine rings is 1. The average Bonchev–Trinajstić information content (AvgIpc) is 2.56. The topological polar surface area (TPSA) is 67.6 Å². The Morgan fingerprint density at radius 1 is 1.48 bits per heavy atom. The van der Waals surface area contributed by atoms with E-state index >= 15 is 0 Å². The Kier molecular flexibility index (Phi) is 7.15. The first-order valence-electron chi connectivity index (χ1n) is 8.17. The van der Waals surface area contributed by atoms with Crippen LogP contribution in [-0.2, 0) is 11.3 Å². The van der Waals surface area contributed by atoms with Gasteiger partial charge in [0.1, 0.15) is 5.75 Å². The average molecular weight is 340 g/mol. The van der Waals surface area contributed by atoms with Gasteiger partial charge in [-0.15, -0.1) is 0 Å². The molecule has 23 heavy (non-hydrogen) atoms. The molecule has 1 aliphatic rings. The van der Waals surface area contributed by atoms with Crippen molar-refractivity contribution in [3.05, 3.63) is 28.8 Å². The van der Waals surface area contributed by atoms with Crippen LogP contribution >= 0.6 is 11.6 Å². The molecule has 1 saturated heterocycles. The lowest BCUT2D eigenvalue weighted by Crippen LogP contribution is -2.46. The van der Waals surface area contributed by atoms with Crippen LogP contribution in [0.25, 0.3) is 0 Å². The standard InChI is InChI=1S/C17H26ClN3O2/c1-23-15-6-5-13(16(18)10-15)12-21-9-3-2-4-14(21)11-20-17(22)7-8-19/h5-6,10,14H,2-4,7-9,11-12,19H2,1H3,(H,20,22). The van der Waals surface area contributed by atoms with Crippen LogP contribution in [0.1, 0.15) is 31.2 Å². The zero-order valence-electron chi connectivity index (χ0n) is 13.7. The largest absolute Gasteiger partial charge is 0.497 e. The van der Waals surface area contributed by atoms with Crippen LogP contribution in [0.15, 0.2) is 18.2 Å². The van der Waals surface area contributed by atoms with E-state index in [0.717, 1.165) is 35.8 Å². The molecule has 5 nitrogen and oxygen atoms in total. The molecule has 0 radical (unpaired) electrons. The van der Waals surface area contributed by atoms with Gasteiger partial charge in [-0.2, -0.15) is 0 Å². The second kappa shape index (κ2) is 9.11. The number of hydrogen-bond acceptors (Lipinski definition) is 4. The lowest BCUT2D eigenvalue weighted by molar-refractivity contribution is -0.121. The lowest BCUT2D eigenvalue weighted by atomic mass is 10.0. The first kappa shape index (κ1) is 18.0. The van der Waals surface area contributed by atoms with E-state index in [1.807, 2.05) is 18.2 Å². The van der Waals surface area contributed by atoms with Crippen molar-refractivity contribution >= 4 is 17.5 Å². The quantitative estimate of drug-likeness (QED) is 0.799. The van der Waals surface area contributed by atoms with Crippen molar-refractivity contribution in [3.63, 3.8) is 0 Å². The van der Waals surface area contributed by atoms with E-state index in [0.29, 0.717) is 25.6 Å². The Hall–Kier alpha value is -1.30. The molecular weight excluding hydrogens is 314 g/mol. The molecule has 1 aromatic rings. The van der Waals surface area contributed by atoms with Gasteiger partial charge in [0.25, 0.3) is 0 Å². The molecule has 1 aliphatic heterocycles. The summed E-state index contributed by atoms with van der Waals surface area (Å²) in [6, 6.07) is 6.14. The summed E-state index contributed by atoms with van der Waals surface area (Å²) in [5, 5.41) is 3.71. The van der Waals surface area contributed by atoms with E-state index < -0.39 is 0 Å². The van der Waals surface area contributed by atoms with Crippen LogP contribution in [0.2, 0.25) is 5.02 Å². The van der Waals surface area contributed by atoms with Crippen molar-refractivity contribution in [1.82, 2.24) is 10.2 Å². The monoisotopic (exact) mass is 339 g/mol. The molecule has 0 aliphatic carbocycles. The molecule has 1 atom stereocenters. The van der Waals surface area contributed by atoms with Crippen molar-refractivity contribution in [1.29, 1.82) is 0 Å². The van der Waals surface area contributed by atoms with Crippen LogP contribution in [0, 0.1) is 0 Å². The van der Waals surface area contributed by atoms with E-state index in [2.05, 4.69) is 10.2 Å². The van der Waals surface area contributed by atoms with Gasteiger partial charge in [0.2, 0.25) is 5.91 Å². The summed E-state index contributed by atoms with van der Waals surface area (Å²) in [7, 11) is 1.63. The number of carbonyl (C=O) groups is 1.